The fourth-order valence-corrected chi connectivity index (χ4v) is 3.09. The zero-order chi connectivity index (χ0) is 30.6. The Morgan fingerprint density at radius 1 is 0.302 bits per heavy atom. The van der Waals surface area contributed by atoms with Crippen molar-refractivity contribution in [3.05, 3.63) is 30.3 Å². The molecule has 0 unspecified atom stereocenters. The SMILES string of the molecule is FCCOCCOCCOCCOCCOCCOCCOCCOCCOCCOCCOCCOc1ccccc1. The molecule has 0 aliphatic rings. The first-order chi connectivity index (χ1) is 21.4. The van der Waals surface area contributed by atoms with E-state index in [0.29, 0.717) is 145 Å². The van der Waals surface area contributed by atoms with Gasteiger partial charge in [0.2, 0.25) is 0 Å². The van der Waals surface area contributed by atoms with E-state index in [9.17, 15) is 4.39 Å². The third-order valence-corrected chi connectivity index (χ3v) is 5.18. The van der Waals surface area contributed by atoms with Gasteiger partial charge in [-0.1, -0.05) is 18.2 Å². The standard InChI is InChI=1S/C30H53FO12/c31-6-7-32-8-9-33-10-11-34-12-13-35-14-15-36-16-17-37-18-19-38-20-21-39-22-23-40-24-25-41-26-27-42-28-29-43-30-4-2-1-3-5-30/h1-5H,6-29H2. The number of ether oxygens (including phenoxy) is 12. The van der Waals surface area contributed by atoms with Gasteiger partial charge >= 0.3 is 0 Å². The van der Waals surface area contributed by atoms with Crippen LogP contribution in [0.2, 0.25) is 0 Å². The summed E-state index contributed by atoms with van der Waals surface area (Å²) in [5, 5.41) is 0. The van der Waals surface area contributed by atoms with Crippen LogP contribution in [0.1, 0.15) is 0 Å². The van der Waals surface area contributed by atoms with Gasteiger partial charge < -0.3 is 56.8 Å². The summed E-state index contributed by atoms with van der Waals surface area (Å²) in [6, 6.07) is 9.66. The maximum atomic E-state index is 11.8. The Bertz CT molecular complexity index is 647. The summed E-state index contributed by atoms with van der Waals surface area (Å²) in [6.07, 6.45) is 0. The quantitative estimate of drug-likeness (QED) is 0.102. The van der Waals surface area contributed by atoms with Crippen LogP contribution < -0.4 is 4.74 Å². The number of benzene rings is 1. The summed E-state index contributed by atoms with van der Waals surface area (Å²) in [4.78, 5) is 0. The number of hydrogen-bond acceptors (Lipinski definition) is 12. The van der Waals surface area contributed by atoms with Crippen LogP contribution in [0.3, 0.4) is 0 Å². The number of halogens is 1. The Labute approximate surface area is 256 Å². The molecule has 0 aromatic heterocycles. The molecule has 0 bridgehead atoms. The minimum absolute atomic E-state index is 0.113. The van der Waals surface area contributed by atoms with Crippen LogP contribution in [0, 0.1) is 0 Å². The van der Waals surface area contributed by atoms with Crippen LogP contribution >= 0.6 is 0 Å². The lowest BCUT2D eigenvalue weighted by atomic mass is 10.3. The molecular formula is C30H53FO12. The zero-order valence-electron chi connectivity index (χ0n) is 25.6. The van der Waals surface area contributed by atoms with Gasteiger partial charge in [-0.25, -0.2) is 4.39 Å². The van der Waals surface area contributed by atoms with Crippen LogP contribution in [-0.2, 0) is 52.1 Å². The molecule has 0 radical (unpaired) electrons. The minimum atomic E-state index is -0.475. The Hall–Kier alpha value is -1.49. The van der Waals surface area contributed by atoms with Gasteiger partial charge in [-0.3, -0.25) is 0 Å². The first-order valence-corrected chi connectivity index (χ1v) is 15.0. The van der Waals surface area contributed by atoms with E-state index in [1.165, 1.54) is 0 Å². The van der Waals surface area contributed by atoms with E-state index in [1.807, 2.05) is 30.3 Å². The van der Waals surface area contributed by atoms with Crippen LogP contribution in [0.15, 0.2) is 30.3 Å². The first kappa shape index (κ1) is 39.5. The van der Waals surface area contributed by atoms with Crippen LogP contribution in [0.5, 0.6) is 5.75 Å². The van der Waals surface area contributed by atoms with E-state index < -0.39 is 6.67 Å². The van der Waals surface area contributed by atoms with Crippen molar-refractivity contribution < 1.29 is 61.2 Å². The van der Waals surface area contributed by atoms with E-state index >= 15 is 0 Å². The van der Waals surface area contributed by atoms with E-state index in [-0.39, 0.29) is 6.61 Å². The molecule has 43 heavy (non-hydrogen) atoms. The molecule has 0 fully saturated rings. The second kappa shape index (κ2) is 35.0. The lowest BCUT2D eigenvalue weighted by Gasteiger charge is -2.09. The van der Waals surface area contributed by atoms with Crippen molar-refractivity contribution in [2.24, 2.45) is 0 Å². The lowest BCUT2D eigenvalue weighted by molar-refractivity contribution is -0.0278. The maximum absolute atomic E-state index is 11.8. The lowest BCUT2D eigenvalue weighted by Crippen LogP contribution is -2.15. The van der Waals surface area contributed by atoms with Crippen molar-refractivity contribution in [3.8, 4) is 5.75 Å². The second-order valence-corrected chi connectivity index (χ2v) is 8.59. The van der Waals surface area contributed by atoms with Crippen molar-refractivity contribution in [2.45, 2.75) is 0 Å². The molecule has 0 aliphatic carbocycles. The predicted molar refractivity (Wildman–Crippen MR) is 157 cm³/mol. The Kier molecular flexibility index (Phi) is 32.2. The minimum Gasteiger partial charge on any atom is -0.491 e. The molecule has 0 saturated heterocycles. The largest absolute Gasteiger partial charge is 0.491 e. The average molecular weight is 625 g/mol. The summed E-state index contributed by atoms with van der Waals surface area (Å²) in [5.74, 6) is 0.841. The molecule has 0 amide bonds. The summed E-state index contributed by atoms with van der Waals surface area (Å²) < 4.78 is 76.6. The molecule has 13 heteroatoms. The number of alkyl halides is 1. The van der Waals surface area contributed by atoms with Crippen LogP contribution in [0.4, 0.5) is 4.39 Å². The van der Waals surface area contributed by atoms with Crippen molar-refractivity contribution in [2.75, 3.05) is 159 Å². The van der Waals surface area contributed by atoms with Gasteiger partial charge in [0.1, 0.15) is 19.0 Å². The van der Waals surface area contributed by atoms with Crippen molar-refractivity contribution in [1.82, 2.24) is 0 Å². The Morgan fingerprint density at radius 2 is 0.535 bits per heavy atom. The third kappa shape index (κ3) is 31.7. The summed E-state index contributed by atoms with van der Waals surface area (Å²) in [5.41, 5.74) is 0. The van der Waals surface area contributed by atoms with Crippen LogP contribution in [0.25, 0.3) is 0 Å². The monoisotopic (exact) mass is 624 g/mol. The van der Waals surface area contributed by atoms with Gasteiger partial charge in [0, 0.05) is 0 Å². The predicted octanol–water partition coefficient (Wildman–Crippen LogP) is 2.22. The Morgan fingerprint density at radius 3 is 0.791 bits per heavy atom. The number of hydrogen-bond donors (Lipinski definition) is 0. The first-order valence-electron chi connectivity index (χ1n) is 15.0. The molecule has 0 aliphatic heterocycles. The molecular weight excluding hydrogens is 571 g/mol. The molecule has 1 rings (SSSR count). The molecule has 0 heterocycles. The highest BCUT2D eigenvalue weighted by molar-refractivity contribution is 5.20. The fourth-order valence-electron chi connectivity index (χ4n) is 3.09. The molecule has 1 aromatic carbocycles. The highest BCUT2D eigenvalue weighted by Gasteiger charge is 1.97. The summed E-state index contributed by atoms with van der Waals surface area (Å²) in [6.45, 7) is 10.5. The smallest absolute Gasteiger partial charge is 0.119 e. The highest BCUT2D eigenvalue weighted by Crippen LogP contribution is 2.07. The fraction of sp³-hybridized carbons (Fsp3) is 0.800. The van der Waals surface area contributed by atoms with E-state index in [1.54, 1.807) is 0 Å². The average Bonchev–Trinajstić information content (AvgIpc) is 3.03. The Balaban J connectivity index is 1.61. The third-order valence-electron chi connectivity index (χ3n) is 5.18. The maximum Gasteiger partial charge on any atom is 0.119 e. The summed E-state index contributed by atoms with van der Waals surface area (Å²) in [7, 11) is 0. The van der Waals surface area contributed by atoms with E-state index in [0.717, 1.165) is 5.75 Å². The van der Waals surface area contributed by atoms with Gasteiger partial charge in [0.15, 0.2) is 0 Å². The number of para-hydroxylation sites is 1. The zero-order valence-corrected chi connectivity index (χ0v) is 25.6. The molecule has 252 valence electrons. The van der Waals surface area contributed by atoms with E-state index in [2.05, 4.69) is 0 Å². The normalized spacial score (nSPS) is 11.4. The molecule has 12 nitrogen and oxygen atoms in total. The van der Waals surface area contributed by atoms with Crippen LogP contribution in [-0.4, -0.2) is 159 Å². The van der Waals surface area contributed by atoms with Gasteiger partial charge in [-0.2, -0.15) is 0 Å². The highest BCUT2D eigenvalue weighted by atomic mass is 19.1. The van der Waals surface area contributed by atoms with Crippen molar-refractivity contribution >= 4 is 0 Å². The van der Waals surface area contributed by atoms with E-state index in [4.69, 9.17) is 56.8 Å². The van der Waals surface area contributed by atoms with Gasteiger partial charge in [0.25, 0.3) is 0 Å². The second-order valence-electron chi connectivity index (χ2n) is 8.59. The van der Waals surface area contributed by atoms with Gasteiger partial charge in [-0.05, 0) is 12.1 Å². The van der Waals surface area contributed by atoms with Crippen molar-refractivity contribution in [3.63, 3.8) is 0 Å². The molecule has 0 saturated carbocycles. The molecule has 0 spiro atoms. The molecule has 1 aromatic rings. The number of rotatable bonds is 36. The van der Waals surface area contributed by atoms with Gasteiger partial charge in [0.05, 0.1) is 145 Å². The summed E-state index contributed by atoms with van der Waals surface area (Å²) >= 11 is 0. The topological polar surface area (TPSA) is 111 Å². The molecule has 0 atom stereocenters. The van der Waals surface area contributed by atoms with Gasteiger partial charge in [-0.15, -0.1) is 0 Å². The molecule has 0 N–H and O–H groups in total. The van der Waals surface area contributed by atoms with Crippen molar-refractivity contribution in [1.29, 1.82) is 0 Å².